The van der Waals surface area contributed by atoms with Crippen LogP contribution in [0.15, 0.2) is 0 Å². The maximum Gasteiger partial charge on any atom is 0.128 e. The Balaban J connectivity index is 2.49. The van der Waals surface area contributed by atoms with Crippen molar-refractivity contribution in [2.75, 3.05) is 0 Å². The Kier molecular flexibility index (Phi) is 45.3. The van der Waals surface area contributed by atoms with E-state index in [1.165, 1.54) is 320 Å². The van der Waals surface area contributed by atoms with Crippen molar-refractivity contribution in [1.29, 1.82) is 0 Å². The van der Waals surface area contributed by atoms with Crippen LogP contribution in [0.25, 0.3) is 0 Å². The largest absolute Gasteiger partial charge is 0.238 e. The molecule has 0 unspecified atom stereocenters. The van der Waals surface area contributed by atoms with E-state index in [-0.39, 0.29) is 0 Å². The Morgan fingerprint density at radius 2 is 0.400 bits per heavy atom. The standard InChI is InChI=1S/C58H112N2/c1-5-9-12-15-18-21-24-27-30-33-36-39-42-45-48-52-55-56(53-49-46-43-40-37-34-31-28-25-22-19-16-13-10-6-2)59-58(51-8-4)60-57(55)54-50-47-44-41-38-35-32-29-26-23-20-17-14-11-7-3/h5-54H2,1-4H3. The highest BCUT2D eigenvalue weighted by Gasteiger charge is 2.15. The Morgan fingerprint density at radius 3 is 0.617 bits per heavy atom. The average molecular weight is 838 g/mol. The lowest BCUT2D eigenvalue weighted by Gasteiger charge is -2.16. The molecule has 1 heterocycles. The number of aromatic nitrogens is 2. The van der Waals surface area contributed by atoms with E-state index in [1.54, 1.807) is 5.56 Å². The molecule has 0 aliphatic heterocycles. The van der Waals surface area contributed by atoms with Crippen molar-refractivity contribution in [2.24, 2.45) is 0 Å². The molecule has 1 aromatic rings. The molecule has 1 rings (SSSR count). The van der Waals surface area contributed by atoms with E-state index in [9.17, 15) is 0 Å². The molecule has 0 aromatic carbocycles. The molecule has 1 aromatic heterocycles. The van der Waals surface area contributed by atoms with Gasteiger partial charge in [0.25, 0.3) is 0 Å². The summed E-state index contributed by atoms with van der Waals surface area (Å²) in [5.41, 5.74) is 4.48. The fourth-order valence-electron chi connectivity index (χ4n) is 9.68. The van der Waals surface area contributed by atoms with Crippen LogP contribution in [0.2, 0.25) is 0 Å². The summed E-state index contributed by atoms with van der Waals surface area (Å²) in [7, 11) is 0. The molecule has 60 heavy (non-hydrogen) atoms. The first-order valence-electron chi connectivity index (χ1n) is 28.6. The minimum absolute atomic E-state index is 1.04. The number of hydrogen-bond acceptors (Lipinski definition) is 2. The second-order valence-corrected chi connectivity index (χ2v) is 19.9. The van der Waals surface area contributed by atoms with Gasteiger partial charge in [-0.15, -0.1) is 0 Å². The van der Waals surface area contributed by atoms with Crippen molar-refractivity contribution < 1.29 is 0 Å². The van der Waals surface area contributed by atoms with E-state index in [2.05, 4.69) is 27.7 Å². The number of hydrogen-bond donors (Lipinski definition) is 0. The van der Waals surface area contributed by atoms with Crippen LogP contribution in [0.5, 0.6) is 0 Å². The molecule has 0 radical (unpaired) electrons. The van der Waals surface area contributed by atoms with Gasteiger partial charge < -0.3 is 0 Å². The molecule has 0 saturated carbocycles. The van der Waals surface area contributed by atoms with Crippen molar-refractivity contribution in [3.05, 3.63) is 22.8 Å². The zero-order chi connectivity index (χ0) is 43.1. The van der Waals surface area contributed by atoms with E-state index >= 15 is 0 Å². The van der Waals surface area contributed by atoms with Gasteiger partial charge in [-0.2, -0.15) is 0 Å². The van der Waals surface area contributed by atoms with Crippen LogP contribution < -0.4 is 0 Å². The quantitative estimate of drug-likeness (QED) is 0.0611. The van der Waals surface area contributed by atoms with Gasteiger partial charge in [0.05, 0.1) is 0 Å². The van der Waals surface area contributed by atoms with Crippen LogP contribution in [0.3, 0.4) is 0 Å². The second kappa shape index (κ2) is 47.6. The van der Waals surface area contributed by atoms with Crippen LogP contribution in [0, 0.1) is 0 Å². The smallest absolute Gasteiger partial charge is 0.128 e. The SMILES string of the molecule is CCCCCCCCCCCCCCCCCc1nc(CCC)nc(CCCCCCCCCCCCCCCCC)c1CCCCCCCCCCCCCCCCC. The Bertz CT molecular complexity index is 914. The molecule has 2 nitrogen and oxygen atoms in total. The third-order valence-corrected chi connectivity index (χ3v) is 13.8. The van der Waals surface area contributed by atoms with Crippen molar-refractivity contribution >= 4 is 0 Å². The van der Waals surface area contributed by atoms with Crippen LogP contribution in [-0.2, 0) is 25.7 Å². The van der Waals surface area contributed by atoms with Gasteiger partial charge in [-0.05, 0) is 50.5 Å². The first-order chi connectivity index (χ1) is 29.8. The molecule has 0 fully saturated rings. The van der Waals surface area contributed by atoms with Gasteiger partial charge in [-0.3, -0.25) is 0 Å². The minimum atomic E-state index is 1.04. The lowest BCUT2D eigenvalue weighted by atomic mass is 9.96. The molecule has 0 aliphatic rings. The van der Waals surface area contributed by atoms with E-state index in [0.717, 1.165) is 18.7 Å². The number of nitrogens with zero attached hydrogens (tertiary/aromatic N) is 2. The summed E-state index contributed by atoms with van der Waals surface area (Å²) >= 11 is 0. The van der Waals surface area contributed by atoms with Crippen molar-refractivity contribution in [2.45, 2.75) is 349 Å². The van der Waals surface area contributed by atoms with E-state index in [1.807, 2.05) is 0 Å². The highest BCUT2D eigenvalue weighted by Crippen LogP contribution is 2.23. The zero-order valence-electron chi connectivity index (χ0n) is 42.2. The van der Waals surface area contributed by atoms with Gasteiger partial charge >= 0.3 is 0 Å². The summed E-state index contributed by atoms with van der Waals surface area (Å²) < 4.78 is 0. The Morgan fingerprint density at radius 1 is 0.200 bits per heavy atom. The summed E-state index contributed by atoms with van der Waals surface area (Å²) in [5, 5.41) is 0. The first kappa shape index (κ1) is 57.1. The van der Waals surface area contributed by atoms with Gasteiger partial charge in [0.2, 0.25) is 0 Å². The summed E-state index contributed by atoms with van der Waals surface area (Å²) in [5.74, 6) is 1.14. The van der Waals surface area contributed by atoms with E-state index < -0.39 is 0 Å². The van der Waals surface area contributed by atoms with Crippen LogP contribution in [0.4, 0.5) is 0 Å². The number of rotatable bonds is 50. The third kappa shape index (κ3) is 37.6. The molecule has 0 atom stereocenters. The Hall–Kier alpha value is -0.920. The second-order valence-electron chi connectivity index (χ2n) is 19.9. The van der Waals surface area contributed by atoms with Crippen LogP contribution in [-0.4, -0.2) is 9.97 Å². The molecule has 0 spiro atoms. The topological polar surface area (TPSA) is 25.8 Å². The van der Waals surface area contributed by atoms with Gasteiger partial charge in [-0.1, -0.05) is 297 Å². The fourth-order valence-corrected chi connectivity index (χ4v) is 9.68. The predicted molar refractivity (Wildman–Crippen MR) is 272 cm³/mol. The summed E-state index contributed by atoms with van der Waals surface area (Å²) in [6, 6.07) is 0. The zero-order valence-corrected chi connectivity index (χ0v) is 42.2. The molecule has 0 saturated heterocycles. The van der Waals surface area contributed by atoms with Crippen LogP contribution >= 0.6 is 0 Å². The molecule has 0 bridgehead atoms. The van der Waals surface area contributed by atoms with Gasteiger partial charge in [-0.25, -0.2) is 9.97 Å². The normalized spacial score (nSPS) is 11.7. The molecule has 0 amide bonds. The fraction of sp³-hybridized carbons (Fsp3) is 0.931. The lowest BCUT2D eigenvalue weighted by molar-refractivity contribution is 0.528. The van der Waals surface area contributed by atoms with Gasteiger partial charge in [0.15, 0.2) is 0 Å². The summed E-state index contributed by atoms with van der Waals surface area (Å²) in [6.45, 7) is 9.25. The average Bonchev–Trinajstić information content (AvgIpc) is 3.25. The molecule has 0 aliphatic carbocycles. The Labute approximate surface area is 380 Å². The molecule has 0 N–H and O–H groups in total. The van der Waals surface area contributed by atoms with E-state index in [4.69, 9.17) is 9.97 Å². The highest BCUT2D eigenvalue weighted by atomic mass is 14.9. The van der Waals surface area contributed by atoms with E-state index in [0.29, 0.717) is 0 Å². The van der Waals surface area contributed by atoms with Crippen molar-refractivity contribution in [3.63, 3.8) is 0 Å². The molecule has 2 heteroatoms. The predicted octanol–water partition coefficient (Wildman–Crippen LogP) is 20.7. The summed E-state index contributed by atoms with van der Waals surface area (Å²) in [4.78, 5) is 10.7. The molecular weight excluding hydrogens is 725 g/mol. The molecular formula is C58H112N2. The van der Waals surface area contributed by atoms with Gasteiger partial charge in [0, 0.05) is 17.8 Å². The highest BCUT2D eigenvalue weighted by molar-refractivity contribution is 5.27. The maximum atomic E-state index is 5.33. The summed E-state index contributed by atoms with van der Waals surface area (Å²) in [6.07, 6.45) is 70.1. The number of unbranched alkanes of at least 4 members (excludes halogenated alkanes) is 42. The minimum Gasteiger partial charge on any atom is -0.238 e. The lowest BCUT2D eigenvalue weighted by Crippen LogP contribution is -2.11. The first-order valence-corrected chi connectivity index (χ1v) is 28.6. The maximum absolute atomic E-state index is 5.33. The van der Waals surface area contributed by atoms with Crippen molar-refractivity contribution in [3.8, 4) is 0 Å². The monoisotopic (exact) mass is 837 g/mol. The van der Waals surface area contributed by atoms with Crippen LogP contribution in [0.1, 0.15) is 346 Å². The molecule has 354 valence electrons. The van der Waals surface area contributed by atoms with Gasteiger partial charge in [0.1, 0.15) is 5.82 Å². The van der Waals surface area contributed by atoms with Crippen molar-refractivity contribution in [1.82, 2.24) is 9.97 Å². The number of aryl methyl sites for hydroxylation is 3. The third-order valence-electron chi connectivity index (χ3n) is 13.8.